The Bertz CT molecular complexity index is 411. The first-order chi connectivity index (χ1) is 8.15. The molecule has 1 aromatic carbocycles. The number of hydrogen-bond acceptors (Lipinski definition) is 2. The smallest absolute Gasteiger partial charge is 0.158 e. The summed E-state index contributed by atoms with van der Waals surface area (Å²) in [6.45, 7) is 4.00. The Kier molecular flexibility index (Phi) is 3.62. The molecule has 1 saturated carbocycles. The van der Waals surface area contributed by atoms with E-state index in [2.05, 4.69) is 0 Å². The maximum Gasteiger partial charge on any atom is 0.158 e. The van der Waals surface area contributed by atoms with E-state index in [1.807, 2.05) is 44.2 Å². The summed E-state index contributed by atoms with van der Waals surface area (Å²) in [6, 6.07) is 7.80. The molecule has 17 heavy (non-hydrogen) atoms. The van der Waals surface area contributed by atoms with Gasteiger partial charge in [0.1, 0.15) is 5.75 Å². The van der Waals surface area contributed by atoms with Crippen molar-refractivity contribution >= 4 is 11.9 Å². The van der Waals surface area contributed by atoms with Crippen LogP contribution in [0, 0.1) is 5.92 Å². The van der Waals surface area contributed by atoms with Gasteiger partial charge in [0.15, 0.2) is 5.78 Å². The summed E-state index contributed by atoms with van der Waals surface area (Å²) in [7, 11) is 0. The highest BCUT2D eigenvalue weighted by Crippen LogP contribution is 2.30. The van der Waals surface area contributed by atoms with E-state index in [4.69, 9.17) is 4.74 Å². The molecule has 0 heterocycles. The highest BCUT2D eigenvalue weighted by atomic mass is 16.5. The van der Waals surface area contributed by atoms with Crippen molar-refractivity contribution in [3.8, 4) is 5.75 Å². The second kappa shape index (κ2) is 5.17. The Morgan fingerprint density at radius 2 is 1.94 bits per heavy atom. The van der Waals surface area contributed by atoms with Crippen molar-refractivity contribution in [1.82, 2.24) is 0 Å². The number of rotatable bonds is 5. The largest absolute Gasteiger partial charge is 0.491 e. The van der Waals surface area contributed by atoms with Gasteiger partial charge in [0.25, 0.3) is 0 Å². The molecule has 1 aromatic rings. The topological polar surface area (TPSA) is 26.3 Å². The molecular weight excluding hydrogens is 212 g/mol. The fourth-order valence-corrected chi connectivity index (χ4v) is 1.61. The van der Waals surface area contributed by atoms with Crippen LogP contribution in [0.1, 0.15) is 32.3 Å². The van der Waals surface area contributed by atoms with Crippen molar-refractivity contribution in [2.75, 3.05) is 0 Å². The molecule has 0 aliphatic heterocycles. The fraction of sp³-hybridized carbons (Fsp3) is 0.400. The van der Waals surface area contributed by atoms with Crippen LogP contribution in [-0.4, -0.2) is 11.9 Å². The van der Waals surface area contributed by atoms with Crippen molar-refractivity contribution < 1.29 is 9.53 Å². The molecule has 0 N–H and O–H groups in total. The van der Waals surface area contributed by atoms with Crippen molar-refractivity contribution in [2.45, 2.75) is 32.8 Å². The van der Waals surface area contributed by atoms with E-state index in [1.54, 1.807) is 6.08 Å². The van der Waals surface area contributed by atoms with Gasteiger partial charge in [-0.1, -0.05) is 18.2 Å². The molecule has 90 valence electrons. The molecule has 2 nitrogen and oxygen atoms in total. The van der Waals surface area contributed by atoms with E-state index in [1.165, 1.54) is 0 Å². The predicted octanol–water partition coefficient (Wildman–Crippen LogP) is 3.47. The van der Waals surface area contributed by atoms with Crippen LogP contribution in [0.15, 0.2) is 30.3 Å². The van der Waals surface area contributed by atoms with Crippen molar-refractivity contribution in [2.24, 2.45) is 5.92 Å². The molecule has 0 radical (unpaired) electrons. The zero-order valence-corrected chi connectivity index (χ0v) is 10.3. The number of benzene rings is 1. The van der Waals surface area contributed by atoms with Gasteiger partial charge in [0, 0.05) is 5.92 Å². The van der Waals surface area contributed by atoms with Crippen LogP contribution in [0.2, 0.25) is 0 Å². The third-order valence-corrected chi connectivity index (χ3v) is 2.67. The molecule has 0 unspecified atom stereocenters. The zero-order chi connectivity index (χ0) is 12.3. The summed E-state index contributed by atoms with van der Waals surface area (Å²) in [4.78, 5) is 11.5. The summed E-state index contributed by atoms with van der Waals surface area (Å²) in [5.41, 5.74) is 1.04. The molecule has 2 rings (SSSR count). The summed E-state index contributed by atoms with van der Waals surface area (Å²) in [5.74, 6) is 1.42. The van der Waals surface area contributed by atoms with Crippen LogP contribution in [-0.2, 0) is 4.79 Å². The minimum absolute atomic E-state index is 0.188. The summed E-state index contributed by atoms with van der Waals surface area (Å²) < 4.78 is 5.55. The lowest BCUT2D eigenvalue weighted by Gasteiger charge is -2.09. The first kappa shape index (κ1) is 11.9. The standard InChI is InChI=1S/C15H18O2/c1-11(2)17-14-8-3-12(4-9-14)5-10-15(16)13-6-7-13/h3-5,8-11,13H,6-7H2,1-2H3/b10-5+. The molecule has 2 heteroatoms. The van der Waals surface area contributed by atoms with Gasteiger partial charge in [0.2, 0.25) is 0 Å². The Hall–Kier alpha value is -1.57. The summed E-state index contributed by atoms with van der Waals surface area (Å²) in [6.07, 6.45) is 5.87. The van der Waals surface area contributed by atoms with Crippen molar-refractivity contribution in [1.29, 1.82) is 0 Å². The average Bonchev–Trinajstić information content (AvgIpc) is 3.11. The van der Waals surface area contributed by atoms with Gasteiger partial charge >= 0.3 is 0 Å². The molecule has 1 aliphatic carbocycles. The predicted molar refractivity (Wildman–Crippen MR) is 69.0 cm³/mol. The lowest BCUT2D eigenvalue weighted by atomic mass is 10.1. The maximum absolute atomic E-state index is 11.5. The first-order valence-corrected chi connectivity index (χ1v) is 6.14. The highest BCUT2D eigenvalue weighted by Gasteiger charge is 2.27. The number of carbonyl (C=O) groups is 1. The van der Waals surface area contributed by atoms with Gasteiger partial charge in [-0.25, -0.2) is 0 Å². The number of allylic oxidation sites excluding steroid dienone is 1. The Morgan fingerprint density at radius 1 is 1.29 bits per heavy atom. The van der Waals surface area contributed by atoms with Gasteiger partial charge < -0.3 is 4.74 Å². The Labute approximate surface area is 102 Å². The second-order valence-corrected chi connectivity index (χ2v) is 4.75. The first-order valence-electron chi connectivity index (χ1n) is 6.14. The quantitative estimate of drug-likeness (QED) is 0.724. The molecule has 1 fully saturated rings. The lowest BCUT2D eigenvalue weighted by Crippen LogP contribution is -2.05. The Morgan fingerprint density at radius 3 is 2.47 bits per heavy atom. The van der Waals surface area contributed by atoms with E-state index in [0.29, 0.717) is 5.92 Å². The van der Waals surface area contributed by atoms with E-state index < -0.39 is 0 Å². The molecule has 0 aromatic heterocycles. The van der Waals surface area contributed by atoms with E-state index in [9.17, 15) is 4.79 Å². The van der Waals surface area contributed by atoms with Crippen molar-refractivity contribution in [3.05, 3.63) is 35.9 Å². The third-order valence-electron chi connectivity index (χ3n) is 2.67. The van der Waals surface area contributed by atoms with Gasteiger partial charge in [-0.2, -0.15) is 0 Å². The number of hydrogen-bond donors (Lipinski definition) is 0. The normalized spacial score (nSPS) is 15.5. The number of carbonyl (C=O) groups excluding carboxylic acids is 1. The van der Waals surface area contributed by atoms with Gasteiger partial charge in [-0.05, 0) is 50.5 Å². The van der Waals surface area contributed by atoms with Gasteiger partial charge in [0.05, 0.1) is 6.10 Å². The summed E-state index contributed by atoms with van der Waals surface area (Å²) in [5, 5.41) is 0. The van der Waals surface area contributed by atoms with Crippen LogP contribution < -0.4 is 4.74 Å². The molecule has 0 saturated heterocycles. The molecule has 0 spiro atoms. The van der Waals surface area contributed by atoms with E-state index in [-0.39, 0.29) is 11.9 Å². The zero-order valence-electron chi connectivity index (χ0n) is 10.3. The maximum atomic E-state index is 11.5. The van der Waals surface area contributed by atoms with Gasteiger partial charge in [-0.3, -0.25) is 4.79 Å². The number of ketones is 1. The minimum atomic E-state index is 0.188. The van der Waals surface area contributed by atoms with Crippen LogP contribution >= 0.6 is 0 Å². The van der Waals surface area contributed by atoms with Crippen LogP contribution in [0.25, 0.3) is 6.08 Å². The summed E-state index contributed by atoms with van der Waals surface area (Å²) >= 11 is 0. The third kappa shape index (κ3) is 3.74. The molecule has 0 bridgehead atoms. The van der Waals surface area contributed by atoms with Crippen LogP contribution in [0.4, 0.5) is 0 Å². The van der Waals surface area contributed by atoms with Crippen LogP contribution in [0.3, 0.4) is 0 Å². The van der Waals surface area contributed by atoms with Crippen molar-refractivity contribution in [3.63, 3.8) is 0 Å². The van der Waals surface area contributed by atoms with E-state index in [0.717, 1.165) is 24.2 Å². The molecule has 0 atom stereocenters. The lowest BCUT2D eigenvalue weighted by molar-refractivity contribution is -0.115. The fourth-order valence-electron chi connectivity index (χ4n) is 1.61. The highest BCUT2D eigenvalue weighted by molar-refractivity contribution is 5.96. The minimum Gasteiger partial charge on any atom is -0.491 e. The second-order valence-electron chi connectivity index (χ2n) is 4.75. The average molecular weight is 230 g/mol. The van der Waals surface area contributed by atoms with E-state index >= 15 is 0 Å². The molecule has 0 amide bonds. The van der Waals surface area contributed by atoms with Crippen LogP contribution in [0.5, 0.6) is 5.75 Å². The van der Waals surface area contributed by atoms with Gasteiger partial charge in [-0.15, -0.1) is 0 Å². The molecule has 1 aliphatic rings. The molecular formula is C15H18O2. The number of ether oxygens (including phenoxy) is 1. The Balaban J connectivity index is 1.95. The monoisotopic (exact) mass is 230 g/mol. The SMILES string of the molecule is CC(C)Oc1ccc(/C=C/C(=O)C2CC2)cc1.